The second-order valence-corrected chi connectivity index (χ2v) is 12.9. The second-order valence-electron chi connectivity index (χ2n) is 10.2. The lowest BCUT2D eigenvalue weighted by Gasteiger charge is -2.33. The van der Waals surface area contributed by atoms with Crippen molar-refractivity contribution >= 4 is 50.7 Å². The minimum atomic E-state index is -4.16. The first-order valence-electron chi connectivity index (χ1n) is 12.5. The van der Waals surface area contributed by atoms with Crippen molar-refractivity contribution in [1.82, 2.24) is 10.2 Å². The average Bonchev–Trinajstić information content (AvgIpc) is 2.90. The quantitative estimate of drug-likeness (QED) is 0.328. The number of ether oxygens (including phenoxy) is 1. The zero-order valence-electron chi connectivity index (χ0n) is 23.0. The molecular formula is C29H33Cl2N3O5S. The second kappa shape index (κ2) is 12.9. The summed E-state index contributed by atoms with van der Waals surface area (Å²) < 4.78 is 33.8. The number of carbonyl (C=O) groups is 2. The third kappa shape index (κ3) is 7.90. The molecule has 0 aliphatic rings. The van der Waals surface area contributed by atoms with E-state index in [2.05, 4.69) is 5.32 Å². The molecule has 0 aromatic heterocycles. The van der Waals surface area contributed by atoms with E-state index in [1.807, 2.05) is 20.8 Å². The molecule has 1 unspecified atom stereocenters. The molecule has 214 valence electrons. The molecule has 3 rings (SSSR count). The van der Waals surface area contributed by atoms with Crippen LogP contribution < -0.4 is 14.4 Å². The predicted molar refractivity (Wildman–Crippen MR) is 158 cm³/mol. The topological polar surface area (TPSA) is 96.0 Å². The lowest BCUT2D eigenvalue weighted by atomic mass is 10.1. The maximum absolute atomic E-state index is 14.0. The number of sulfonamides is 1. The number of nitrogens with zero attached hydrogens (tertiary/aromatic N) is 2. The Morgan fingerprint density at radius 2 is 1.60 bits per heavy atom. The van der Waals surface area contributed by atoms with E-state index < -0.39 is 40.0 Å². The van der Waals surface area contributed by atoms with Gasteiger partial charge in [0, 0.05) is 22.1 Å². The van der Waals surface area contributed by atoms with Crippen LogP contribution in [0.3, 0.4) is 0 Å². The molecule has 1 N–H and O–H groups in total. The number of anilines is 1. The van der Waals surface area contributed by atoms with Crippen molar-refractivity contribution in [2.75, 3.05) is 18.0 Å². The minimum Gasteiger partial charge on any atom is -0.497 e. The van der Waals surface area contributed by atoms with Crippen molar-refractivity contribution in [1.29, 1.82) is 0 Å². The molecule has 0 radical (unpaired) electrons. The van der Waals surface area contributed by atoms with E-state index in [1.54, 1.807) is 67.6 Å². The van der Waals surface area contributed by atoms with Crippen molar-refractivity contribution in [3.8, 4) is 5.75 Å². The van der Waals surface area contributed by atoms with Gasteiger partial charge in [-0.05, 0) is 81.8 Å². The molecule has 0 aliphatic heterocycles. The zero-order valence-corrected chi connectivity index (χ0v) is 25.3. The van der Waals surface area contributed by atoms with Gasteiger partial charge in [-0.2, -0.15) is 0 Å². The Morgan fingerprint density at radius 1 is 0.975 bits per heavy atom. The molecule has 0 heterocycles. The van der Waals surface area contributed by atoms with Crippen molar-refractivity contribution in [2.45, 2.75) is 50.7 Å². The third-order valence-electron chi connectivity index (χ3n) is 5.99. The summed E-state index contributed by atoms with van der Waals surface area (Å²) in [5.74, 6) is -0.468. The van der Waals surface area contributed by atoms with Crippen LogP contribution >= 0.6 is 23.2 Å². The number of hydrogen-bond donors (Lipinski definition) is 1. The van der Waals surface area contributed by atoms with Gasteiger partial charge in [-0.1, -0.05) is 47.5 Å². The van der Waals surface area contributed by atoms with Crippen molar-refractivity contribution in [2.24, 2.45) is 0 Å². The Balaban J connectivity index is 2.05. The summed E-state index contributed by atoms with van der Waals surface area (Å²) >= 11 is 12.5. The van der Waals surface area contributed by atoms with E-state index in [0.29, 0.717) is 21.4 Å². The number of amides is 2. The molecule has 1 atom stereocenters. The Morgan fingerprint density at radius 3 is 2.15 bits per heavy atom. The van der Waals surface area contributed by atoms with Gasteiger partial charge in [-0.25, -0.2) is 8.42 Å². The molecule has 0 saturated heterocycles. The number of methoxy groups -OCH3 is 1. The summed E-state index contributed by atoms with van der Waals surface area (Å²) in [6.07, 6.45) is 0. The van der Waals surface area contributed by atoms with Gasteiger partial charge in [0.1, 0.15) is 18.3 Å². The van der Waals surface area contributed by atoms with Crippen LogP contribution in [0.4, 0.5) is 5.69 Å². The Bertz CT molecular complexity index is 1440. The van der Waals surface area contributed by atoms with Crippen LogP contribution in [0.15, 0.2) is 77.7 Å². The van der Waals surface area contributed by atoms with E-state index >= 15 is 0 Å². The summed E-state index contributed by atoms with van der Waals surface area (Å²) in [5, 5.41) is 3.62. The zero-order chi connectivity index (χ0) is 29.7. The van der Waals surface area contributed by atoms with E-state index in [0.717, 1.165) is 4.31 Å². The van der Waals surface area contributed by atoms with Crippen LogP contribution in [-0.4, -0.2) is 50.4 Å². The smallest absolute Gasteiger partial charge is 0.264 e. The normalized spacial score (nSPS) is 12.4. The molecular weight excluding hydrogens is 573 g/mol. The first kappa shape index (κ1) is 31.3. The molecule has 0 fully saturated rings. The van der Waals surface area contributed by atoms with Gasteiger partial charge < -0.3 is 15.0 Å². The van der Waals surface area contributed by atoms with Gasteiger partial charge in [0.2, 0.25) is 11.8 Å². The summed E-state index contributed by atoms with van der Waals surface area (Å²) in [4.78, 5) is 28.5. The molecule has 0 bridgehead atoms. The van der Waals surface area contributed by atoms with E-state index in [4.69, 9.17) is 27.9 Å². The molecule has 40 heavy (non-hydrogen) atoms. The summed E-state index contributed by atoms with van der Waals surface area (Å²) in [7, 11) is -2.66. The van der Waals surface area contributed by atoms with E-state index in [9.17, 15) is 18.0 Å². The van der Waals surface area contributed by atoms with Gasteiger partial charge in [-0.15, -0.1) is 0 Å². The highest BCUT2D eigenvalue weighted by Crippen LogP contribution is 2.27. The molecule has 0 spiro atoms. The molecule has 2 amide bonds. The number of hydrogen-bond acceptors (Lipinski definition) is 5. The Hall–Kier alpha value is -3.27. The SMILES string of the molecule is COc1ccc(N(CC(=O)N(Cc2ccc(Cl)cc2Cl)C(C)C(=O)NC(C)(C)C)S(=O)(=O)c2ccccc2)cc1. The van der Waals surface area contributed by atoms with Crippen LogP contribution in [0.25, 0.3) is 0 Å². The Labute approximate surface area is 245 Å². The van der Waals surface area contributed by atoms with Gasteiger partial charge in [0.05, 0.1) is 17.7 Å². The van der Waals surface area contributed by atoms with Gasteiger partial charge >= 0.3 is 0 Å². The number of benzene rings is 3. The van der Waals surface area contributed by atoms with Gasteiger partial charge in [0.25, 0.3) is 10.0 Å². The highest BCUT2D eigenvalue weighted by atomic mass is 35.5. The number of halogens is 2. The number of rotatable bonds is 10. The van der Waals surface area contributed by atoms with Gasteiger partial charge in [-0.3, -0.25) is 13.9 Å². The number of nitrogens with one attached hydrogen (secondary N) is 1. The van der Waals surface area contributed by atoms with Crippen molar-refractivity contribution in [3.63, 3.8) is 0 Å². The van der Waals surface area contributed by atoms with E-state index in [-0.39, 0.29) is 17.1 Å². The lowest BCUT2D eigenvalue weighted by molar-refractivity contribution is -0.140. The van der Waals surface area contributed by atoms with Gasteiger partial charge in [0.15, 0.2) is 0 Å². The fraction of sp³-hybridized carbons (Fsp3) is 0.310. The number of carbonyl (C=O) groups excluding carboxylic acids is 2. The molecule has 3 aromatic carbocycles. The molecule has 0 saturated carbocycles. The van der Waals surface area contributed by atoms with Crippen LogP contribution in [0.2, 0.25) is 10.0 Å². The first-order valence-corrected chi connectivity index (χ1v) is 14.7. The van der Waals surface area contributed by atoms with E-state index in [1.165, 1.54) is 24.1 Å². The van der Waals surface area contributed by atoms with Crippen molar-refractivity contribution < 1.29 is 22.7 Å². The first-order chi connectivity index (χ1) is 18.7. The third-order valence-corrected chi connectivity index (χ3v) is 8.37. The summed E-state index contributed by atoms with van der Waals surface area (Å²) in [6, 6.07) is 18.1. The standard InChI is InChI=1S/C29H33Cl2N3O5S/c1-20(28(36)32-29(2,3)4)33(18-21-11-12-22(30)17-26(21)31)27(35)19-34(23-13-15-24(39-5)16-14-23)40(37,38)25-9-7-6-8-10-25/h6-17,20H,18-19H2,1-5H3,(H,32,36). The molecule has 11 heteroatoms. The van der Waals surface area contributed by atoms with Crippen LogP contribution in [0.5, 0.6) is 5.75 Å². The van der Waals surface area contributed by atoms with Crippen LogP contribution in [0, 0.1) is 0 Å². The van der Waals surface area contributed by atoms with Crippen LogP contribution in [-0.2, 0) is 26.2 Å². The van der Waals surface area contributed by atoms with Crippen LogP contribution in [0.1, 0.15) is 33.3 Å². The minimum absolute atomic E-state index is 0.0180. The molecule has 0 aliphatic carbocycles. The fourth-order valence-corrected chi connectivity index (χ4v) is 5.79. The highest BCUT2D eigenvalue weighted by Gasteiger charge is 2.33. The summed E-state index contributed by atoms with van der Waals surface area (Å²) in [5.41, 5.74) is 0.259. The monoisotopic (exact) mass is 605 g/mol. The maximum atomic E-state index is 14.0. The fourth-order valence-electron chi connectivity index (χ4n) is 3.89. The Kier molecular flexibility index (Phi) is 10.1. The molecule has 8 nitrogen and oxygen atoms in total. The largest absolute Gasteiger partial charge is 0.497 e. The maximum Gasteiger partial charge on any atom is 0.264 e. The summed E-state index contributed by atoms with van der Waals surface area (Å²) in [6.45, 7) is 6.47. The molecule has 3 aromatic rings. The van der Waals surface area contributed by atoms with Crippen molar-refractivity contribution in [3.05, 3.63) is 88.4 Å². The lowest BCUT2D eigenvalue weighted by Crippen LogP contribution is -2.54. The average molecular weight is 607 g/mol. The predicted octanol–water partition coefficient (Wildman–Crippen LogP) is 5.53. The highest BCUT2D eigenvalue weighted by molar-refractivity contribution is 7.92.